The molecule has 0 amide bonds. The lowest BCUT2D eigenvalue weighted by molar-refractivity contribution is 0.419. The number of nitrogens with one attached hydrogen (secondary N) is 1. The van der Waals surface area contributed by atoms with Gasteiger partial charge in [-0.05, 0) is 43.6 Å². The zero-order valence-corrected chi connectivity index (χ0v) is 10.3. The summed E-state index contributed by atoms with van der Waals surface area (Å²) in [6.07, 6.45) is 7.44. The lowest BCUT2D eigenvalue weighted by Crippen LogP contribution is -2.42. The van der Waals surface area contributed by atoms with Gasteiger partial charge in [0.05, 0.1) is 0 Å². The van der Waals surface area contributed by atoms with Crippen molar-refractivity contribution in [3.63, 3.8) is 0 Å². The molecule has 3 unspecified atom stereocenters. The molecule has 0 spiro atoms. The molecule has 0 aromatic heterocycles. The summed E-state index contributed by atoms with van der Waals surface area (Å²) in [5.41, 5.74) is 5.75. The van der Waals surface area contributed by atoms with Crippen molar-refractivity contribution in [2.24, 2.45) is 11.7 Å². The Labute approximate surface area is 92.4 Å². The topological polar surface area (TPSA) is 38.0 Å². The molecule has 0 aromatic rings. The summed E-state index contributed by atoms with van der Waals surface area (Å²) in [5.74, 6) is 2.13. The van der Waals surface area contributed by atoms with Crippen molar-refractivity contribution in [3.05, 3.63) is 0 Å². The molecule has 0 aliphatic heterocycles. The first-order valence-electron chi connectivity index (χ1n) is 5.71. The highest BCUT2D eigenvalue weighted by atomic mass is 32.2. The average Bonchev–Trinajstić information content (AvgIpc) is 2.58. The van der Waals surface area contributed by atoms with Crippen LogP contribution in [0.1, 0.15) is 32.6 Å². The van der Waals surface area contributed by atoms with Crippen molar-refractivity contribution in [1.29, 1.82) is 0 Å². The number of nitrogens with two attached hydrogens (primary N) is 1. The fourth-order valence-electron chi connectivity index (χ4n) is 2.22. The highest BCUT2D eigenvalue weighted by molar-refractivity contribution is 7.98. The van der Waals surface area contributed by atoms with Gasteiger partial charge in [-0.2, -0.15) is 11.8 Å². The first-order chi connectivity index (χ1) is 6.76. The Morgan fingerprint density at radius 2 is 2.29 bits per heavy atom. The van der Waals surface area contributed by atoms with Gasteiger partial charge >= 0.3 is 0 Å². The zero-order valence-electron chi connectivity index (χ0n) is 9.46. The molecule has 14 heavy (non-hydrogen) atoms. The molecule has 0 aromatic carbocycles. The predicted molar refractivity (Wildman–Crippen MR) is 65.8 cm³/mol. The highest BCUT2D eigenvalue weighted by Crippen LogP contribution is 2.25. The minimum Gasteiger partial charge on any atom is -0.329 e. The van der Waals surface area contributed by atoms with Gasteiger partial charge in [-0.15, -0.1) is 0 Å². The second-order valence-corrected chi connectivity index (χ2v) is 5.48. The Morgan fingerprint density at radius 1 is 1.50 bits per heavy atom. The van der Waals surface area contributed by atoms with Gasteiger partial charge < -0.3 is 11.1 Å². The van der Waals surface area contributed by atoms with Gasteiger partial charge in [0.2, 0.25) is 0 Å². The highest BCUT2D eigenvalue weighted by Gasteiger charge is 2.22. The molecule has 1 fully saturated rings. The first kappa shape index (κ1) is 12.3. The Kier molecular flexibility index (Phi) is 5.90. The molecular weight excluding hydrogens is 192 g/mol. The third-order valence-corrected chi connectivity index (χ3v) is 3.77. The third-order valence-electron chi connectivity index (χ3n) is 3.12. The number of hydrogen-bond acceptors (Lipinski definition) is 3. The van der Waals surface area contributed by atoms with Gasteiger partial charge in [0.25, 0.3) is 0 Å². The normalized spacial score (nSPS) is 29.4. The minimum absolute atomic E-state index is 0.540. The maximum atomic E-state index is 5.75. The van der Waals surface area contributed by atoms with Gasteiger partial charge in [-0.1, -0.05) is 6.92 Å². The zero-order chi connectivity index (χ0) is 10.4. The molecule has 0 radical (unpaired) electrons. The van der Waals surface area contributed by atoms with Crippen molar-refractivity contribution in [2.45, 2.75) is 44.7 Å². The van der Waals surface area contributed by atoms with E-state index in [9.17, 15) is 0 Å². The first-order valence-corrected chi connectivity index (χ1v) is 7.10. The molecule has 84 valence electrons. The van der Waals surface area contributed by atoms with E-state index in [-0.39, 0.29) is 0 Å². The van der Waals surface area contributed by atoms with E-state index in [1.807, 2.05) is 11.8 Å². The molecule has 3 atom stereocenters. The summed E-state index contributed by atoms with van der Waals surface area (Å²) >= 11 is 1.91. The van der Waals surface area contributed by atoms with Gasteiger partial charge in [0.1, 0.15) is 0 Å². The van der Waals surface area contributed by atoms with Crippen LogP contribution < -0.4 is 11.1 Å². The molecule has 1 aliphatic carbocycles. The van der Waals surface area contributed by atoms with Crippen LogP contribution in [0.25, 0.3) is 0 Å². The minimum atomic E-state index is 0.540. The quantitative estimate of drug-likeness (QED) is 0.711. The number of rotatable bonds is 6. The second-order valence-electron chi connectivity index (χ2n) is 4.50. The summed E-state index contributed by atoms with van der Waals surface area (Å²) in [5, 5.41) is 3.69. The molecular formula is C11H24N2S. The summed E-state index contributed by atoms with van der Waals surface area (Å²) in [7, 11) is 0. The summed E-state index contributed by atoms with van der Waals surface area (Å²) < 4.78 is 0. The van der Waals surface area contributed by atoms with Crippen LogP contribution in [0.5, 0.6) is 0 Å². The van der Waals surface area contributed by atoms with Crippen LogP contribution >= 0.6 is 11.8 Å². The van der Waals surface area contributed by atoms with Crippen molar-refractivity contribution in [2.75, 3.05) is 18.6 Å². The van der Waals surface area contributed by atoms with Gasteiger partial charge in [0, 0.05) is 18.6 Å². The Balaban J connectivity index is 2.19. The second kappa shape index (κ2) is 6.70. The van der Waals surface area contributed by atoms with E-state index in [0.29, 0.717) is 6.04 Å². The molecule has 1 rings (SSSR count). The van der Waals surface area contributed by atoms with Crippen LogP contribution in [0.2, 0.25) is 0 Å². The van der Waals surface area contributed by atoms with Crippen molar-refractivity contribution < 1.29 is 0 Å². The fraction of sp³-hybridized carbons (Fsp3) is 1.00. The predicted octanol–water partition coefficient (Wildman–Crippen LogP) is 1.84. The van der Waals surface area contributed by atoms with E-state index in [2.05, 4.69) is 18.5 Å². The fourth-order valence-corrected chi connectivity index (χ4v) is 2.74. The van der Waals surface area contributed by atoms with Crippen LogP contribution in [0.3, 0.4) is 0 Å². The molecule has 2 nitrogen and oxygen atoms in total. The van der Waals surface area contributed by atoms with Crippen molar-refractivity contribution in [3.8, 4) is 0 Å². The van der Waals surface area contributed by atoms with E-state index in [0.717, 1.165) is 18.5 Å². The Morgan fingerprint density at radius 3 is 2.79 bits per heavy atom. The molecule has 0 heterocycles. The van der Waals surface area contributed by atoms with Crippen molar-refractivity contribution in [1.82, 2.24) is 5.32 Å². The lowest BCUT2D eigenvalue weighted by atomic mass is 10.1. The maximum absolute atomic E-state index is 5.75. The maximum Gasteiger partial charge on any atom is 0.0200 e. The van der Waals surface area contributed by atoms with Crippen LogP contribution in [0, 0.1) is 5.92 Å². The van der Waals surface area contributed by atoms with E-state index in [1.54, 1.807) is 0 Å². The smallest absolute Gasteiger partial charge is 0.0200 e. The largest absolute Gasteiger partial charge is 0.329 e. The lowest BCUT2D eigenvalue weighted by Gasteiger charge is -2.21. The van der Waals surface area contributed by atoms with Crippen LogP contribution in [0.4, 0.5) is 0 Å². The molecule has 1 aliphatic rings. The summed E-state index contributed by atoms with van der Waals surface area (Å²) in [6, 6.07) is 1.28. The Hall–Kier alpha value is 0.270. The van der Waals surface area contributed by atoms with Gasteiger partial charge in [0.15, 0.2) is 0 Å². The van der Waals surface area contributed by atoms with E-state index < -0.39 is 0 Å². The SMILES string of the molecule is CSCCC(CN)NC1CCC(C)C1. The van der Waals surface area contributed by atoms with E-state index in [4.69, 9.17) is 5.73 Å². The standard InChI is InChI=1S/C11H24N2S/c1-9-3-4-10(7-9)13-11(8-12)5-6-14-2/h9-11,13H,3-8,12H2,1-2H3. The average molecular weight is 216 g/mol. The molecule has 0 bridgehead atoms. The molecule has 0 saturated heterocycles. The molecule has 3 N–H and O–H groups in total. The van der Waals surface area contributed by atoms with Gasteiger partial charge in [-0.25, -0.2) is 0 Å². The van der Waals surface area contributed by atoms with Crippen LogP contribution in [-0.2, 0) is 0 Å². The summed E-state index contributed by atoms with van der Waals surface area (Å²) in [6.45, 7) is 3.13. The van der Waals surface area contributed by atoms with Crippen molar-refractivity contribution >= 4 is 11.8 Å². The van der Waals surface area contributed by atoms with E-state index >= 15 is 0 Å². The van der Waals surface area contributed by atoms with Crippen LogP contribution in [0.15, 0.2) is 0 Å². The molecule has 1 saturated carbocycles. The Bertz CT molecular complexity index is 152. The van der Waals surface area contributed by atoms with E-state index in [1.165, 1.54) is 31.4 Å². The molecule has 3 heteroatoms. The monoisotopic (exact) mass is 216 g/mol. The van der Waals surface area contributed by atoms with Crippen LogP contribution in [-0.4, -0.2) is 30.6 Å². The summed E-state index contributed by atoms with van der Waals surface area (Å²) in [4.78, 5) is 0. The van der Waals surface area contributed by atoms with Gasteiger partial charge in [-0.3, -0.25) is 0 Å². The number of thioether (sulfide) groups is 1. The number of hydrogen-bond donors (Lipinski definition) is 2. The third kappa shape index (κ3) is 4.20.